The molecule has 0 spiro atoms. The van der Waals surface area contributed by atoms with Crippen molar-refractivity contribution in [3.63, 3.8) is 0 Å². The Hall–Kier alpha value is -2.19. The van der Waals surface area contributed by atoms with Gasteiger partial charge in [0.15, 0.2) is 6.10 Å². The van der Waals surface area contributed by atoms with Crippen LogP contribution in [0.2, 0.25) is 0 Å². The van der Waals surface area contributed by atoms with Crippen molar-refractivity contribution in [2.45, 2.75) is 191 Å². The number of ether oxygens (including phenoxy) is 2. The lowest BCUT2D eigenvalue weighted by atomic mass is 9.85. The second-order valence-corrected chi connectivity index (χ2v) is 15.9. The van der Waals surface area contributed by atoms with Crippen molar-refractivity contribution in [1.29, 1.82) is 0 Å². The molecule has 0 amide bonds. The molecule has 324 valence electrons. The van der Waals surface area contributed by atoms with E-state index in [-0.39, 0.29) is 12.8 Å². The van der Waals surface area contributed by atoms with Gasteiger partial charge in [0, 0.05) is 12.8 Å². The highest BCUT2D eigenvalue weighted by atomic mass is 31.2. The number of rotatable bonds is 33. The van der Waals surface area contributed by atoms with Crippen LogP contribution < -0.4 is 0 Å². The van der Waals surface area contributed by atoms with Gasteiger partial charge in [0.25, 0.3) is 0 Å². The molecule has 1 fully saturated rings. The quantitative estimate of drug-likeness (QED) is 0.0168. The Morgan fingerprint density at radius 1 is 0.571 bits per heavy atom. The highest BCUT2D eigenvalue weighted by Gasteiger charge is 2.51. The standard InChI is InChI=1S/C42H73O13P/c1-3-5-7-9-11-13-15-17-18-19-21-22-24-26-28-30-35(43)52-32-34(54-36(44)31-29-27-25-23-20-16-14-12-10-8-6-4-2)33-53-56(50,51)55-42-40(48)38(46)37(45)39(47)41(42)49/h5,7,11,13,17-18,21-22,34,37-42,45-49H,3-4,6,8-10,12,14-16,19-20,23-33H2,1-2H3,(H,50,51)/b7-5+,13-11+,18-17+,22-21+/t34-,37?,38-,39?,40?,41?,42?/m0/s1. The molecule has 0 radical (unpaired) electrons. The van der Waals surface area contributed by atoms with Gasteiger partial charge >= 0.3 is 19.8 Å². The van der Waals surface area contributed by atoms with Crippen molar-refractivity contribution in [3.05, 3.63) is 48.6 Å². The number of hydrogen-bond donors (Lipinski definition) is 6. The van der Waals surface area contributed by atoms with Gasteiger partial charge in [0.2, 0.25) is 0 Å². The second kappa shape index (κ2) is 32.7. The van der Waals surface area contributed by atoms with Crippen LogP contribution >= 0.6 is 7.82 Å². The summed E-state index contributed by atoms with van der Waals surface area (Å²) in [7, 11) is -5.12. The number of phosphoric ester groups is 1. The van der Waals surface area contributed by atoms with Crippen LogP contribution in [0.5, 0.6) is 0 Å². The molecule has 1 aliphatic carbocycles. The second-order valence-electron chi connectivity index (χ2n) is 14.5. The van der Waals surface area contributed by atoms with Gasteiger partial charge in [-0.05, 0) is 51.4 Å². The van der Waals surface area contributed by atoms with E-state index in [0.717, 1.165) is 64.2 Å². The molecule has 14 heteroatoms. The molecule has 1 saturated carbocycles. The van der Waals surface area contributed by atoms with Gasteiger partial charge < -0.3 is 39.9 Å². The summed E-state index contributed by atoms with van der Waals surface area (Å²) in [6.07, 6.45) is 23.2. The molecule has 0 aromatic heterocycles. The molecule has 0 heterocycles. The van der Waals surface area contributed by atoms with Crippen LogP contribution in [-0.2, 0) is 32.7 Å². The predicted molar refractivity (Wildman–Crippen MR) is 216 cm³/mol. The summed E-state index contributed by atoms with van der Waals surface area (Å²) in [6, 6.07) is 0. The molecule has 0 aromatic carbocycles. The highest BCUT2D eigenvalue weighted by Crippen LogP contribution is 2.47. The van der Waals surface area contributed by atoms with Crippen LogP contribution in [-0.4, -0.2) is 98.3 Å². The Labute approximate surface area is 335 Å². The number of esters is 2. The molecule has 1 rings (SSSR count). The molecular weight excluding hydrogens is 743 g/mol. The molecule has 13 nitrogen and oxygen atoms in total. The van der Waals surface area contributed by atoms with Gasteiger partial charge in [0.1, 0.15) is 43.2 Å². The Morgan fingerprint density at radius 3 is 1.55 bits per heavy atom. The molecule has 0 saturated heterocycles. The highest BCUT2D eigenvalue weighted by molar-refractivity contribution is 7.47. The van der Waals surface area contributed by atoms with Crippen LogP contribution in [0.3, 0.4) is 0 Å². The Kier molecular flexibility index (Phi) is 30.3. The summed E-state index contributed by atoms with van der Waals surface area (Å²) in [6.45, 7) is 3.12. The van der Waals surface area contributed by atoms with Crippen molar-refractivity contribution in [3.8, 4) is 0 Å². The minimum atomic E-state index is -5.12. The monoisotopic (exact) mass is 816 g/mol. The minimum Gasteiger partial charge on any atom is -0.462 e. The fourth-order valence-corrected chi connectivity index (χ4v) is 7.01. The molecule has 8 atom stereocenters. The lowest BCUT2D eigenvalue weighted by Gasteiger charge is -2.41. The number of carbonyl (C=O) groups is 2. The average Bonchev–Trinajstić information content (AvgIpc) is 3.18. The molecule has 6 N–H and O–H groups in total. The third-order valence-corrected chi connectivity index (χ3v) is 10.4. The van der Waals surface area contributed by atoms with Crippen LogP contribution in [0.4, 0.5) is 0 Å². The number of allylic oxidation sites excluding steroid dienone is 8. The number of aliphatic hydroxyl groups is 5. The predicted octanol–water partition coefficient (Wildman–Crippen LogP) is 7.22. The van der Waals surface area contributed by atoms with E-state index in [9.17, 15) is 44.6 Å². The largest absolute Gasteiger partial charge is 0.472 e. The fourth-order valence-electron chi connectivity index (χ4n) is 6.04. The zero-order valence-corrected chi connectivity index (χ0v) is 34.8. The maximum Gasteiger partial charge on any atom is 0.472 e. The van der Waals surface area contributed by atoms with Crippen LogP contribution in [0.15, 0.2) is 48.6 Å². The Bertz CT molecular complexity index is 1170. The summed E-state index contributed by atoms with van der Waals surface area (Å²) in [5, 5.41) is 50.0. The number of phosphoric acid groups is 1. The molecule has 56 heavy (non-hydrogen) atoms. The van der Waals surface area contributed by atoms with Crippen LogP contribution in [0, 0.1) is 0 Å². The number of carbonyl (C=O) groups excluding carboxylic acids is 2. The molecule has 6 unspecified atom stereocenters. The number of aliphatic hydroxyl groups excluding tert-OH is 5. The van der Waals surface area contributed by atoms with Crippen molar-refractivity contribution in [2.75, 3.05) is 13.2 Å². The first-order valence-corrected chi connectivity index (χ1v) is 22.4. The van der Waals surface area contributed by atoms with Gasteiger partial charge in [0.05, 0.1) is 6.61 Å². The smallest absolute Gasteiger partial charge is 0.462 e. The summed E-state index contributed by atoms with van der Waals surface area (Å²) >= 11 is 0. The molecular formula is C42H73O13P. The normalized spacial score (nSPS) is 23.4. The Balaban J connectivity index is 2.54. The van der Waals surface area contributed by atoms with E-state index in [1.54, 1.807) is 0 Å². The van der Waals surface area contributed by atoms with E-state index in [1.165, 1.54) is 44.9 Å². The summed E-state index contributed by atoms with van der Waals surface area (Å²) in [5.41, 5.74) is 0. The maximum atomic E-state index is 12.8. The number of unbranched alkanes of at least 4 members (excludes halogenated alkanes) is 13. The van der Waals surface area contributed by atoms with E-state index in [0.29, 0.717) is 12.8 Å². The maximum absolute atomic E-state index is 12.8. The zero-order valence-electron chi connectivity index (χ0n) is 33.9. The third-order valence-electron chi connectivity index (χ3n) is 9.43. The molecule has 1 aliphatic rings. The average molecular weight is 817 g/mol. The summed E-state index contributed by atoms with van der Waals surface area (Å²) < 4.78 is 33.4. The van der Waals surface area contributed by atoms with Gasteiger partial charge in [-0.2, -0.15) is 0 Å². The Morgan fingerprint density at radius 2 is 1.02 bits per heavy atom. The lowest BCUT2D eigenvalue weighted by molar-refractivity contribution is -0.220. The van der Waals surface area contributed by atoms with Gasteiger partial charge in [-0.25, -0.2) is 4.57 Å². The van der Waals surface area contributed by atoms with E-state index >= 15 is 0 Å². The summed E-state index contributed by atoms with van der Waals surface area (Å²) in [4.78, 5) is 35.5. The first-order chi connectivity index (χ1) is 26.9. The van der Waals surface area contributed by atoms with E-state index in [4.69, 9.17) is 18.5 Å². The fraction of sp³-hybridized carbons (Fsp3) is 0.762. The minimum absolute atomic E-state index is 0.0883. The van der Waals surface area contributed by atoms with Gasteiger partial charge in [-0.15, -0.1) is 0 Å². The van der Waals surface area contributed by atoms with Crippen molar-refractivity contribution < 1.29 is 63.1 Å². The van der Waals surface area contributed by atoms with Crippen molar-refractivity contribution in [1.82, 2.24) is 0 Å². The summed E-state index contributed by atoms with van der Waals surface area (Å²) in [5.74, 6) is -1.15. The number of hydrogen-bond acceptors (Lipinski definition) is 12. The van der Waals surface area contributed by atoms with E-state index < -0.39 is 75.7 Å². The van der Waals surface area contributed by atoms with E-state index in [1.807, 2.05) is 0 Å². The van der Waals surface area contributed by atoms with Crippen molar-refractivity contribution in [2.24, 2.45) is 0 Å². The molecule has 0 bridgehead atoms. The first-order valence-electron chi connectivity index (χ1n) is 20.9. The lowest BCUT2D eigenvalue weighted by Crippen LogP contribution is -2.64. The molecule has 0 aliphatic heterocycles. The van der Waals surface area contributed by atoms with E-state index in [2.05, 4.69) is 62.5 Å². The van der Waals surface area contributed by atoms with Gasteiger partial charge in [-0.3, -0.25) is 18.6 Å². The topological polar surface area (TPSA) is 210 Å². The van der Waals surface area contributed by atoms with Gasteiger partial charge in [-0.1, -0.05) is 133 Å². The van der Waals surface area contributed by atoms with Crippen LogP contribution in [0.1, 0.15) is 149 Å². The SMILES string of the molecule is CC/C=C/C/C=C/C/C=C/C/C=C/CCCCC(=O)OC[C@@H](COP(=O)(O)OC1C(O)C(O)C(O)[C@H](O)C1O)OC(=O)CCCCCCCCCCCCCC. The molecule has 0 aromatic rings. The zero-order chi connectivity index (χ0) is 41.4. The third kappa shape index (κ3) is 25.2. The van der Waals surface area contributed by atoms with Crippen LogP contribution in [0.25, 0.3) is 0 Å². The first kappa shape index (κ1) is 51.8. The van der Waals surface area contributed by atoms with Crippen molar-refractivity contribution >= 4 is 19.8 Å².